The average molecular weight is 386 g/mol. The number of rotatable bonds is 2. The molecule has 7 nitrogen and oxygen atoms in total. The SMILES string of the molecule is CN1c2ccccc2OC[C@H](NC(=O)c2ncc3c(n2)C(C)(C)SC3)C1O. The van der Waals surface area contributed by atoms with Gasteiger partial charge in [-0.25, -0.2) is 9.97 Å². The number of hydrogen-bond acceptors (Lipinski definition) is 7. The van der Waals surface area contributed by atoms with Crippen LogP contribution >= 0.6 is 11.8 Å². The fraction of sp³-hybridized carbons (Fsp3) is 0.421. The third-order valence-corrected chi connectivity index (χ3v) is 6.33. The van der Waals surface area contributed by atoms with E-state index in [0.717, 1.165) is 22.7 Å². The molecule has 1 aromatic heterocycles. The van der Waals surface area contributed by atoms with E-state index in [2.05, 4.69) is 29.1 Å². The van der Waals surface area contributed by atoms with E-state index in [1.165, 1.54) is 0 Å². The molecule has 0 saturated carbocycles. The van der Waals surface area contributed by atoms with Crippen molar-refractivity contribution >= 4 is 23.4 Å². The smallest absolute Gasteiger partial charge is 0.289 e. The van der Waals surface area contributed by atoms with Crippen molar-refractivity contribution in [1.82, 2.24) is 15.3 Å². The number of likely N-dealkylation sites (N-methyl/N-ethyl adjacent to an activating group) is 1. The Balaban J connectivity index is 1.54. The summed E-state index contributed by atoms with van der Waals surface area (Å²) in [4.78, 5) is 23.1. The second-order valence-corrected chi connectivity index (χ2v) is 8.85. The van der Waals surface area contributed by atoms with Crippen molar-refractivity contribution in [2.24, 2.45) is 0 Å². The largest absolute Gasteiger partial charge is 0.489 e. The molecule has 2 aromatic rings. The molecular formula is C19H22N4O3S. The van der Waals surface area contributed by atoms with Crippen LogP contribution in [0.15, 0.2) is 30.5 Å². The summed E-state index contributed by atoms with van der Waals surface area (Å²) in [5.74, 6) is 1.21. The molecule has 2 aliphatic heterocycles. The summed E-state index contributed by atoms with van der Waals surface area (Å²) < 4.78 is 5.65. The zero-order chi connectivity index (χ0) is 19.2. The number of benzene rings is 1. The van der Waals surface area contributed by atoms with E-state index >= 15 is 0 Å². The number of ether oxygens (including phenoxy) is 1. The lowest BCUT2D eigenvalue weighted by molar-refractivity contribution is 0.0762. The number of hydrogen-bond donors (Lipinski definition) is 2. The van der Waals surface area contributed by atoms with E-state index in [0.29, 0.717) is 5.75 Å². The number of aromatic nitrogens is 2. The van der Waals surface area contributed by atoms with Crippen LogP contribution in [0.2, 0.25) is 0 Å². The van der Waals surface area contributed by atoms with Crippen LogP contribution in [0, 0.1) is 0 Å². The number of nitrogens with one attached hydrogen (secondary N) is 1. The lowest BCUT2D eigenvalue weighted by Gasteiger charge is -2.28. The number of nitrogens with zero attached hydrogens (tertiary/aromatic N) is 3. The summed E-state index contributed by atoms with van der Waals surface area (Å²) in [6, 6.07) is 6.84. The molecule has 2 aliphatic rings. The molecule has 1 unspecified atom stereocenters. The summed E-state index contributed by atoms with van der Waals surface area (Å²) in [6.07, 6.45) is 0.792. The second-order valence-electron chi connectivity index (χ2n) is 7.25. The highest BCUT2D eigenvalue weighted by Crippen LogP contribution is 2.45. The number of carbonyl (C=O) groups excluding carboxylic acids is 1. The number of aliphatic hydroxyl groups is 1. The molecule has 0 saturated heterocycles. The first kappa shape index (κ1) is 18.1. The quantitative estimate of drug-likeness (QED) is 0.815. The molecular weight excluding hydrogens is 364 g/mol. The Morgan fingerprint density at radius 3 is 3.00 bits per heavy atom. The summed E-state index contributed by atoms with van der Waals surface area (Å²) in [7, 11) is 1.77. The molecule has 0 spiro atoms. The number of amides is 1. The molecule has 0 aliphatic carbocycles. The Morgan fingerprint density at radius 2 is 2.19 bits per heavy atom. The number of thioether (sulfide) groups is 1. The number of para-hydroxylation sites is 2. The van der Waals surface area contributed by atoms with Crippen molar-refractivity contribution in [1.29, 1.82) is 0 Å². The van der Waals surface area contributed by atoms with Crippen LogP contribution in [0.1, 0.15) is 35.7 Å². The van der Waals surface area contributed by atoms with E-state index < -0.39 is 18.2 Å². The van der Waals surface area contributed by atoms with Gasteiger partial charge in [0.2, 0.25) is 5.82 Å². The predicted octanol–water partition coefficient (Wildman–Crippen LogP) is 1.90. The number of fused-ring (bicyclic) bond motifs is 2. The second kappa shape index (κ2) is 6.69. The average Bonchev–Trinajstić information content (AvgIpc) is 2.92. The minimum absolute atomic E-state index is 0.112. The lowest BCUT2D eigenvalue weighted by atomic mass is 10.1. The molecule has 2 atom stereocenters. The highest BCUT2D eigenvalue weighted by molar-refractivity contribution is 7.99. The first-order valence-electron chi connectivity index (χ1n) is 8.81. The van der Waals surface area contributed by atoms with Crippen LogP contribution in [0.25, 0.3) is 0 Å². The van der Waals surface area contributed by atoms with E-state index in [1.54, 1.807) is 29.9 Å². The minimum Gasteiger partial charge on any atom is -0.489 e. The minimum atomic E-state index is -0.931. The van der Waals surface area contributed by atoms with Crippen molar-refractivity contribution < 1.29 is 14.6 Å². The van der Waals surface area contributed by atoms with Gasteiger partial charge in [-0.2, -0.15) is 0 Å². The third kappa shape index (κ3) is 3.23. The van der Waals surface area contributed by atoms with Gasteiger partial charge >= 0.3 is 0 Å². The summed E-state index contributed by atoms with van der Waals surface area (Å²) in [5, 5.41) is 13.5. The Kier molecular flexibility index (Phi) is 4.47. The van der Waals surface area contributed by atoms with Crippen LogP contribution in [0.3, 0.4) is 0 Å². The Morgan fingerprint density at radius 1 is 1.41 bits per heavy atom. The molecule has 2 N–H and O–H groups in total. The van der Waals surface area contributed by atoms with Gasteiger partial charge < -0.3 is 20.1 Å². The molecule has 8 heteroatoms. The highest BCUT2D eigenvalue weighted by atomic mass is 32.2. The summed E-state index contributed by atoms with van der Waals surface area (Å²) >= 11 is 1.78. The molecule has 1 amide bonds. The van der Waals surface area contributed by atoms with Gasteiger partial charge in [-0.05, 0) is 26.0 Å². The van der Waals surface area contributed by atoms with Crippen molar-refractivity contribution in [3.63, 3.8) is 0 Å². The zero-order valence-electron chi connectivity index (χ0n) is 15.5. The molecule has 0 fully saturated rings. The van der Waals surface area contributed by atoms with E-state index in [-0.39, 0.29) is 17.2 Å². The van der Waals surface area contributed by atoms with Crippen LogP contribution < -0.4 is 15.0 Å². The van der Waals surface area contributed by atoms with Gasteiger partial charge in [0.1, 0.15) is 18.4 Å². The molecule has 27 heavy (non-hydrogen) atoms. The maximum atomic E-state index is 12.7. The van der Waals surface area contributed by atoms with E-state index in [4.69, 9.17) is 4.74 Å². The monoisotopic (exact) mass is 386 g/mol. The number of anilines is 1. The molecule has 142 valence electrons. The summed E-state index contributed by atoms with van der Waals surface area (Å²) in [5.41, 5.74) is 2.73. The van der Waals surface area contributed by atoms with Crippen LogP contribution in [0.4, 0.5) is 5.69 Å². The Bertz CT molecular complexity index is 889. The normalized spacial score (nSPS) is 23.0. The lowest BCUT2D eigenvalue weighted by Crippen LogP contribution is -2.52. The fourth-order valence-corrected chi connectivity index (χ4v) is 4.41. The summed E-state index contributed by atoms with van der Waals surface area (Å²) in [6.45, 7) is 4.33. The van der Waals surface area contributed by atoms with Gasteiger partial charge in [-0.15, -0.1) is 11.8 Å². The van der Waals surface area contributed by atoms with Crippen LogP contribution in [-0.2, 0) is 10.5 Å². The first-order chi connectivity index (χ1) is 12.9. The Hall–Kier alpha value is -2.32. The van der Waals surface area contributed by atoms with Crippen LogP contribution in [0.5, 0.6) is 5.75 Å². The zero-order valence-corrected chi connectivity index (χ0v) is 16.3. The standard InChI is InChI=1S/C19H22N4O3S/c1-19(2)15-11(10-27-19)8-20-16(22-15)17(24)21-12-9-26-14-7-5-4-6-13(14)23(3)18(12)25/h4-8,12,18,25H,9-10H2,1-3H3,(H,21,24)/t12-,18?/m0/s1. The molecule has 0 bridgehead atoms. The molecule has 4 rings (SSSR count). The maximum Gasteiger partial charge on any atom is 0.289 e. The van der Waals surface area contributed by atoms with Gasteiger partial charge in [0.05, 0.1) is 16.1 Å². The van der Waals surface area contributed by atoms with E-state index in [9.17, 15) is 9.90 Å². The van der Waals surface area contributed by atoms with Gasteiger partial charge in [-0.3, -0.25) is 4.79 Å². The maximum absolute atomic E-state index is 12.7. The predicted molar refractivity (Wildman–Crippen MR) is 104 cm³/mol. The van der Waals surface area contributed by atoms with E-state index in [1.807, 2.05) is 24.3 Å². The topological polar surface area (TPSA) is 87.6 Å². The van der Waals surface area contributed by atoms with Crippen molar-refractivity contribution in [3.8, 4) is 5.75 Å². The molecule has 1 aromatic carbocycles. The van der Waals surface area contributed by atoms with Crippen molar-refractivity contribution in [2.45, 2.75) is 36.6 Å². The van der Waals surface area contributed by atoms with Crippen molar-refractivity contribution in [3.05, 3.63) is 47.5 Å². The van der Waals surface area contributed by atoms with Gasteiger partial charge in [0.25, 0.3) is 5.91 Å². The Labute approximate surface area is 162 Å². The van der Waals surface area contributed by atoms with Gasteiger partial charge in [0.15, 0.2) is 6.23 Å². The molecule has 0 radical (unpaired) electrons. The molecule has 3 heterocycles. The van der Waals surface area contributed by atoms with Gasteiger partial charge in [0, 0.05) is 24.6 Å². The number of aliphatic hydroxyl groups excluding tert-OH is 1. The van der Waals surface area contributed by atoms with Crippen molar-refractivity contribution in [2.75, 3.05) is 18.6 Å². The fourth-order valence-electron chi connectivity index (χ4n) is 3.37. The first-order valence-corrected chi connectivity index (χ1v) is 9.79. The highest BCUT2D eigenvalue weighted by Gasteiger charge is 2.35. The third-order valence-electron chi connectivity index (χ3n) is 4.96. The van der Waals surface area contributed by atoms with Gasteiger partial charge in [-0.1, -0.05) is 12.1 Å². The van der Waals surface area contributed by atoms with Crippen LogP contribution in [-0.4, -0.2) is 46.9 Å². The number of carbonyl (C=O) groups is 1.